The van der Waals surface area contributed by atoms with Crippen LogP contribution >= 0.6 is 11.6 Å². The summed E-state index contributed by atoms with van der Waals surface area (Å²) in [5.74, 6) is -0.604. The zero-order valence-electron chi connectivity index (χ0n) is 17.2. The fourth-order valence-electron chi connectivity index (χ4n) is 2.71. The molecule has 2 rings (SSSR count). The van der Waals surface area contributed by atoms with E-state index in [0.717, 1.165) is 12.0 Å². The van der Waals surface area contributed by atoms with Gasteiger partial charge in [-0.05, 0) is 30.2 Å². The van der Waals surface area contributed by atoms with Gasteiger partial charge in [0.2, 0.25) is 5.91 Å². The van der Waals surface area contributed by atoms with E-state index >= 15 is 0 Å². The van der Waals surface area contributed by atoms with Crippen molar-refractivity contribution in [1.82, 2.24) is 15.5 Å². The third kappa shape index (κ3) is 7.40. The lowest BCUT2D eigenvalue weighted by Gasteiger charge is -2.18. The van der Waals surface area contributed by atoms with Crippen LogP contribution in [-0.4, -0.2) is 42.9 Å². The number of carbonyl (C=O) groups is 3. The Morgan fingerprint density at radius 1 is 1.00 bits per heavy atom. The molecule has 0 unspecified atom stereocenters. The van der Waals surface area contributed by atoms with Crippen molar-refractivity contribution in [2.75, 3.05) is 25.5 Å². The molecule has 7 nitrogen and oxygen atoms in total. The highest BCUT2D eigenvalue weighted by Crippen LogP contribution is 2.21. The maximum absolute atomic E-state index is 12.3. The highest BCUT2D eigenvalue weighted by atomic mass is 35.5. The number of amides is 4. The number of hydrogen-bond acceptors (Lipinski definition) is 3. The van der Waals surface area contributed by atoms with Gasteiger partial charge in [-0.2, -0.15) is 0 Å². The quantitative estimate of drug-likeness (QED) is 0.567. The Morgan fingerprint density at radius 2 is 1.73 bits per heavy atom. The summed E-state index contributed by atoms with van der Waals surface area (Å²) in [5.41, 5.74) is 1.70. The lowest BCUT2D eigenvalue weighted by Crippen LogP contribution is -2.38. The molecular weight excluding hydrogens is 404 g/mol. The zero-order valence-corrected chi connectivity index (χ0v) is 18.0. The summed E-state index contributed by atoms with van der Waals surface area (Å²) in [4.78, 5) is 38.3. The highest BCUT2D eigenvalue weighted by Gasteiger charge is 2.14. The third-order valence-electron chi connectivity index (χ3n) is 4.27. The van der Waals surface area contributed by atoms with Crippen molar-refractivity contribution in [2.45, 2.75) is 26.3 Å². The second-order valence-corrected chi connectivity index (χ2v) is 7.25. The summed E-state index contributed by atoms with van der Waals surface area (Å²) in [6.07, 6.45) is 0.868. The Kier molecular flexibility index (Phi) is 9.15. The highest BCUT2D eigenvalue weighted by molar-refractivity contribution is 6.31. The predicted octanol–water partition coefficient (Wildman–Crippen LogP) is 3.65. The third-order valence-corrected chi connectivity index (χ3v) is 4.51. The van der Waals surface area contributed by atoms with Crippen molar-refractivity contribution in [3.63, 3.8) is 0 Å². The molecule has 8 heteroatoms. The fourth-order valence-corrected chi connectivity index (χ4v) is 2.88. The van der Waals surface area contributed by atoms with Crippen molar-refractivity contribution in [3.8, 4) is 0 Å². The maximum atomic E-state index is 12.3. The van der Waals surface area contributed by atoms with Crippen molar-refractivity contribution >= 4 is 35.1 Å². The maximum Gasteiger partial charge on any atom is 0.317 e. The molecule has 160 valence electrons. The molecule has 0 spiro atoms. The number of carbonyl (C=O) groups excluding carboxylic acids is 3. The molecule has 0 aromatic heterocycles. The number of nitrogens with zero attached hydrogens (tertiary/aromatic N) is 1. The van der Waals surface area contributed by atoms with Gasteiger partial charge in [-0.3, -0.25) is 9.59 Å². The molecular formula is C22H27ClN4O3. The smallest absolute Gasteiger partial charge is 0.317 e. The van der Waals surface area contributed by atoms with E-state index in [1.54, 1.807) is 24.1 Å². The molecule has 0 radical (unpaired) electrons. The molecule has 0 aliphatic heterocycles. The SMILES string of the molecule is CCCNC(=O)c1ccc(Cl)cc1NC(=O)CCNC(=O)N(C)Cc1ccccc1. The Labute approximate surface area is 181 Å². The van der Waals surface area contributed by atoms with Crippen LogP contribution in [0.25, 0.3) is 0 Å². The minimum absolute atomic E-state index is 0.0629. The number of nitrogens with one attached hydrogen (secondary N) is 3. The molecule has 0 bridgehead atoms. The standard InChI is InChI=1S/C22H27ClN4O3/c1-3-12-24-21(29)18-10-9-17(23)14-19(18)26-20(28)11-13-25-22(30)27(2)15-16-7-5-4-6-8-16/h4-10,14H,3,11-13,15H2,1-2H3,(H,24,29)(H,25,30)(H,26,28). The second-order valence-electron chi connectivity index (χ2n) is 6.82. The molecule has 2 aromatic carbocycles. The zero-order chi connectivity index (χ0) is 21.9. The predicted molar refractivity (Wildman–Crippen MR) is 119 cm³/mol. The second kappa shape index (κ2) is 11.8. The van der Waals surface area contributed by atoms with Gasteiger partial charge >= 0.3 is 6.03 Å². The monoisotopic (exact) mass is 430 g/mol. The molecule has 30 heavy (non-hydrogen) atoms. The van der Waals surface area contributed by atoms with Crippen LogP contribution in [0.3, 0.4) is 0 Å². The van der Waals surface area contributed by atoms with E-state index in [1.807, 2.05) is 37.3 Å². The number of benzene rings is 2. The van der Waals surface area contributed by atoms with Gasteiger partial charge in [-0.1, -0.05) is 48.9 Å². The number of rotatable bonds is 9. The summed E-state index contributed by atoms with van der Waals surface area (Å²) in [7, 11) is 1.69. The van der Waals surface area contributed by atoms with Crippen LogP contribution in [0.5, 0.6) is 0 Å². The van der Waals surface area contributed by atoms with E-state index in [1.165, 1.54) is 6.07 Å². The first-order valence-electron chi connectivity index (χ1n) is 9.81. The van der Waals surface area contributed by atoms with Crippen molar-refractivity contribution in [3.05, 3.63) is 64.7 Å². The molecule has 3 N–H and O–H groups in total. The lowest BCUT2D eigenvalue weighted by atomic mass is 10.1. The van der Waals surface area contributed by atoms with E-state index in [4.69, 9.17) is 11.6 Å². The van der Waals surface area contributed by atoms with Crippen LogP contribution in [0, 0.1) is 0 Å². The summed E-state index contributed by atoms with van der Waals surface area (Å²) < 4.78 is 0. The average Bonchev–Trinajstić information content (AvgIpc) is 2.72. The van der Waals surface area contributed by atoms with Crippen molar-refractivity contribution in [2.24, 2.45) is 0 Å². The molecule has 0 aliphatic carbocycles. The van der Waals surface area contributed by atoms with Gasteiger partial charge in [0.05, 0.1) is 11.3 Å². The number of hydrogen-bond donors (Lipinski definition) is 3. The van der Waals surface area contributed by atoms with E-state index in [-0.39, 0.29) is 30.8 Å². The van der Waals surface area contributed by atoms with Gasteiger partial charge in [0.25, 0.3) is 5.91 Å². The van der Waals surface area contributed by atoms with E-state index in [2.05, 4.69) is 16.0 Å². The van der Waals surface area contributed by atoms with E-state index in [0.29, 0.717) is 29.4 Å². The largest absolute Gasteiger partial charge is 0.352 e. The average molecular weight is 431 g/mol. The van der Waals surface area contributed by atoms with E-state index < -0.39 is 0 Å². The normalized spacial score (nSPS) is 10.2. The first kappa shape index (κ1) is 23.2. The summed E-state index contributed by atoms with van der Waals surface area (Å²) in [6, 6.07) is 14.1. The molecule has 4 amide bonds. The Balaban J connectivity index is 1.85. The van der Waals surface area contributed by atoms with Crippen LogP contribution in [0.4, 0.5) is 10.5 Å². The van der Waals surface area contributed by atoms with Gasteiger partial charge in [-0.25, -0.2) is 4.79 Å². The molecule has 0 saturated heterocycles. The molecule has 0 fully saturated rings. The molecule has 0 atom stereocenters. The van der Waals surface area contributed by atoms with Crippen LogP contribution < -0.4 is 16.0 Å². The van der Waals surface area contributed by atoms with Crippen LogP contribution in [-0.2, 0) is 11.3 Å². The van der Waals surface area contributed by atoms with Gasteiger partial charge in [0, 0.05) is 38.1 Å². The minimum Gasteiger partial charge on any atom is -0.352 e. The Hall–Kier alpha value is -3.06. The Bertz CT molecular complexity index is 874. The van der Waals surface area contributed by atoms with E-state index in [9.17, 15) is 14.4 Å². The van der Waals surface area contributed by atoms with Crippen molar-refractivity contribution < 1.29 is 14.4 Å². The van der Waals surface area contributed by atoms with Crippen LogP contribution in [0.2, 0.25) is 5.02 Å². The fraction of sp³-hybridized carbons (Fsp3) is 0.318. The lowest BCUT2D eigenvalue weighted by molar-refractivity contribution is -0.116. The number of halogens is 1. The van der Waals surface area contributed by atoms with Crippen LogP contribution in [0.15, 0.2) is 48.5 Å². The topological polar surface area (TPSA) is 90.5 Å². The summed E-state index contributed by atoms with van der Waals surface area (Å²) in [6.45, 7) is 3.13. The first-order valence-corrected chi connectivity index (χ1v) is 10.2. The number of urea groups is 1. The van der Waals surface area contributed by atoms with Gasteiger partial charge in [-0.15, -0.1) is 0 Å². The number of anilines is 1. The Morgan fingerprint density at radius 3 is 2.43 bits per heavy atom. The molecule has 2 aromatic rings. The van der Waals surface area contributed by atoms with Crippen LogP contribution in [0.1, 0.15) is 35.7 Å². The summed E-state index contributed by atoms with van der Waals surface area (Å²) >= 11 is 6.01. The molecule has 0 aliphatic rings. The summed E-state index contributed by atoms with van der Waals surface area (Å²) in [5, 5.41) is 8.61. The first-order chi connectivity index (χ1) is 14.4. The van der Waals surface area contributed by atoms with Gasteiger partial charge < -0.3 is 20.9 Å². The van der Waals surface area contributed by atoms with Gasteiger partial charge in [0.1, 0.15) is 0 Å². The molecule has 0 heterocycles. The van der Waals surface area contributed by atoms with Gasteiger partial charge in [0.15, 0.2) is 0 Å². The van der Waals surface area contributed by atoms with Crippen molar-refractivity contribution in [1.29, 1.82) is 0 Å². The molecule has 0 saturated carbocycles. The minimum atomic E-state index is -0.326.